The molecule has 0 spiro atoms. The van der Waals surface area contributed by atoms with E-state index in [1.165, 1.54) is 22.6 Å². The Morgan fingerprint density at radius 3 is 2.53 bits per heavy atom. The lowest BCUT2D eigenvalue weighted by Crippen LogP contribution is -2.51. The van der Waals surface area contributed by atoms with E-state index in [9.17, 15) is 14.7 Å². The second kappa shape index (κ2) is 8.71. The number of H-pyrrole nitrogens is 1. The maximum Gasteiger partial charge on any atom is 0.295 e. The Morgan fingerprint density at radius 2 is 1.85 bits per heavy atom. The molecule has 10 nitrogen and oxygen atoms in total. The Morgan fingerprint density at radius 1 is 1.12 bits per heavy atom. The van der Waals surface area contributed by atoms with Crippen LogP contribution >= 0.6 is 0 Å². The van der Waals surface area contributed by atoms with Gasteiger partial charge in [0.25, 0.3) is 11.7 Å². The second-order valence-corrected chi connectivity index (χ2v) is 8.47. The molecular formula is C24H25N7O3. The van der Waals surface area contributed by atoms with Crippen LogP contribution in [0.15, 0.2) is 48.9 Å². The normalized spacial score (nSPS) is 15.5. The van der Waals surface area contributed by atoms with E-state index in [4.69, 9.17) is 0 Å². The maximum atomic E-state index is 13.2. The Bertz CT molecular complexity index is 1350. The molecule has 4 heterocycles. The monoisotopic (exact) mass is 459 g/mol. The topological polar surface area (TPSA) is 120 Å². The van der Waals surface area contributed by atoms with Crippen LogP contribution in [0, 0.1) is 6.92 Å². The highest BCUT2D eigenvalue weighted by Gasteiger charge is 2.31. The van der Waals surface area contributed by atoms with Crippen molar-refractivity contribution in [2.75, 3.05) is 26.2 Å². The van der Waals surface area contributed by atoms with Gasteiger partial charge >= 0.3 is 0 Å². The zero-order valence-corrected chi connectivity index (χ0v) is 19.0. The Kier molecular flexibility index (Phi) is 5.58. The van der Waals surface area contributed by atoms with Crippen LogP contribution in [-0.2, 0) is 4.79 Å². The number of amides is 1. The van der Waals surface area contributed by atoms with E-state index >= 15 is 0 Å². The fraction of sp³-hybridized carbons (Fsp3) is 0.292. The van der Waals surface area contributed by atoms with Crippen LogP contribution in [0.5, 0.6) is 5.75 Å². The van der Waals surface area contributed by atoms with Crippen molar-refractivity contribution in [2.45, 2.75) is 19.9 Å². The van der Waals surface area contributed by atoms with Crippen molar-refractivity contribution >= 4 is 22.6 Å². The van der Waals surface area contributed by atoms with Crippen molar-refractivity contribution in [3.05, 3.63) is 65.7 Å². The molecule has 34 heavy (non-hydrogen) atoms. The minimum atomic E-state index is -0.668. The first kappa shape index (κ1) is 21.8. The SMILES string of the molecule is Cc1cn(-c2ncc(O)c3c(C(=O)C(=O)N4CCN(C(C)c5ccccc5)CC4)c[nH]c23)nn1. The summed E-state index contributed by atoms with van der Waals surface area (Å²) in [5.74, 6) is -1.06. The number of nitrogens with zero attached hydrogens (tertiary/aromatic N) is 6. The maximum absolute atomic E-state index is 13.2. The minimum Gasteiger partial charge on any atom is -0.506 e. The summed E-state index contributed by atoms with van der Waals surface area (Å²) in [5, 5.41) is 18.7. The van der Waals surface area contributed by atoms with Crippen LogP contribution in [0.1, 0.15) is 34.6 Å². The number of hydrogen-bond acceptors (Lipinski definition) is 7. The summed E-state index contributed by atoms with van der Waals surface area (Å²) >= 11 is 0. The molecule has 3 aromatic heterocycles. The number of fused-ring (bicyclic) bond motifs is 1. The number of aromatic nitrogens is 5. The second-order valence-electron chi connectivity index (χ2n) is 8.47. The molecule has 1 amide bonds. The van der Waals surface area contributed by atoms with Crippen molar-refractivity contribution in [2.24, 2.45) is 0 Å². The highest BCUT2D eigenvalue weighted by Crippen LogP contribution is 2.31. The summed E-state index contributed by atoms with van der Waals surface area (Å²) in [7, 11) is 0. The van der Waals surface area contributed by atoms with E-state index < -0.39 is 11.7 Å². The lowest BCUT2D eigenvalue weighted by atomic mass is 10.1. The predicted molar refractivity (Wildman–Crippen MR) is 125 cm³/mol. The van der Waals surface area contributed by atoms with Crippen LogP contribution in [-0.4, -0.2) is 77.7 Å². The van der Waals surface area contributed by atoms with E-state index in [2.05, 4.69) is 44.2 Å². The summed E-state index contributed by atoms with van der Waals surface area (Å²) in [6.07, 6.45) is 4.36. The van der Waals surface area contributed by atoms with Gasteiger partial charge in [-0.15, -0.1) is 5.10 Å². The third kappa shape index (κ3) is 3.81. The Labute approximate surface area is 195 Å². The van der Waals surface area contributed by atoms with E-state index in [1.807, 2.05) is 18.2 Å². The number of Topliss-reactive ketones (excluding diaryl/α,β-unsaturated/α-hetero) is 1. The molecule has 4 aromatic rings. The zero-order chi connectivity index (χ0) is 23.8. The van der Waals surface area contributed by atoms with Gasteiger partial charge in [0.15, 0.2) is 5.82 Å². The number of piperazine rings is 1. The summed E-state index contributed by atoms with van der Waals surface area (Å²) in [5.41, 5.74) is 2.43. The average molecular weight is 460 g/mol. The molecule has 1 fully saturated rings. The number of ketones is 1. The van der Waals surface area contributed by atoms with Crippen LogP contribution in [0.4, 0.5) is 0 Å². The first-order chi connectivity index (χ1) is 16.4. The molecule has 0 radical (unpaired) electrons. The number of aromatic hydroxyl groups is 1. The standard InChI is InChI=1S/C24H25N7O3/c1-15-14-31(28-27-15)23-21-20(19(32)13-26-23)18(12-25-21)22(33)24(34)30-10-8-29(9-11-30)16(2)17-6-4-3-5-7-17/h3-7,12-14,16,25,32H,8-11H2,1-2H3. The third-order valence-corrected chi connectivity index (χ3v) is 6.36. The van der Waals surface area contributed by atoms with Gasteiger partial charge in [-0.25, -0.2) is 4.98 Å². The zero-order valence-electron chi connectivity index (χ0n) is 19.0. The van der Waals surface area contributed by atoms with Crippen LogP contribution in [0.25, 0.3) is 16.7 Å². The molecule has 1 atom stereocenters. The molecule has 5 rings (SSSR count). The molecule has 1 saturated heterocycles. The molecule has 2 N–H and O–H groups in total. The lowest BCUT2D eigenvalue weighted by Gasteiger charge is -2.38. The highest BCUT2D eigenvalue weighted by atomic mass is 16.3. The summed E-state index contributed by atoms with van der Waals surface area (Å²) < 4.78 is 1.46. The van der Waals surface area contributed by atoms with Crippen molar-refractivity contribution in [3.8, 4) is 11.6 Å². The van der Waals surface area contributed by atoms with Gasteiger partial charge < -0.3 is 15.0 Å². The van der Waals surface area contributed by atoms with Crippen LogP contribution < -0.4 is 0 Å². The largest absolute Gasteiger partial charge is 0.506 e. The Balaban J connectivity index is 1.34. The molecule has 0 saturated carbocycles. The van der Waals surface area contributed by atoms with Crippen molar-refractivity contribution in [3.63, 3.8) is 0 Å². The number of hydrogen-bond donors (Lipinski definition) is 2. The molecule has 1 aromatic carbocycles. The molecule has 0 aliphatic carbocycles. The van der Waals surface area contributed by atoms with Gasteiger partial charge in [-0.3, -0.25) is 14.5 Å². The van der Waals surface area contributed by atoms with E-state index in [-0.39, 0.29) is 22.7 Å². The summed E-state index contributed by atoms with van der Waals surface area (Å²) in [4.78, 5) is 37.3. The number of carbonyl (C=O) groups is 2. The molecule has 1 aliphatic heterocycles. The van der Waals surface area contributed by atoms with Gasteiger partial charge in [-0.2, -0.15) is 4.68 Å². The quantitative estimate of drug-likeness (QED) is 0.347. The first-order valence-electron chi connectivity index (χ1n) is 11.1. The number of aryl methyl sites for hydroxylation is 1. The fourth-order valence-corrected chi connectivity index (χ4v) is 4.43. The highest BCUT2D eigenvalue weighted by molar-refractivity contribution is 6.45. The number of benzene rings is 1. The summed E-state index contributed by atoms with van der Waals surface area (Å²) in [6, 6.07) is 10.5. The van der Waals surface area contributed by atoms with E-state index in [0.717, 1.165) is 0 Å². The molecule has 1 aliphatic rings. The van der Waals surface area contributed by atoms with Crippen molar-refractivity contribution in [1.29, 1.82) is 0 Å². The third-order valence-electron chi connectivity index (χ3n) is 6.36. The summed E-state index contributed by atoms with van der Waals surface area (Å²) in [6.45, 7) is 6.21. The van der Waals surface area contributed by atoms with Crippen LogP contribution in [0.2, 0.25) is 0 Å². The number of pyridine rings is 1. The smallest absolute Gasteiger partial charge is 0.295 e. The first-order valence-corrected chi connectivity index (χ1v) is 11.1. The molecular weight excluding hydrogens is 434 g/mol. The van der Waals surface area contributed by atoms with Gasteiger partial charge in [0.05, 0.1) is 34.6 Å². The number of nitrogens with one attached hydrogen (secondary N) is 1. The van der Waals surface area contributed by atoms with Crippen molar-refractivity contribution < 1.29 is 14.7 Å². The predicted octanol–water partition coefficient (Wildman–Crippen LogP) is 2.25. The van der Waals surface area contributed by atoms with Crippen LogP contribution in [0.3, 0.4) is 0 Å². The minimum absolute atomic E-state index is 0.109. The van der Waals surface area contributed by atoms with Gasteiger partial charge in [0, 0.05) is 38.4 Å². The fourth-order valence-electron chi connectivity index (χ4n) is 4.43. The number of rotatable bonds is 5. The molecule has 174 valence electrons. The van der Waals surface area contributed by atoms with Crippen molar-refractivity contribution in [1.82, 2.24) is 34.8 Å². The number of carbonyl (C=O) groups excluding carboxylic acids is 2. The molecule has 1 unspecified atom stereocenters. The lowest BCUT2D eigenvalue weighted by molar-refractivity contribution is -0.128. The Hall–Kier alpha value is -4.05. The van der Waals surface area contributed by atoms with Gasteiger partial charge in [-0.05, 0) is 19.4 Å². The van der Waals surface area contributed by atoms with Gasteiger partial charge in [-0.1, -0.05) is 35.5 Å². The van der Waals surface area contributed by atoms with E-state index in [1.54, 1.807) is 18.0 Å². The molecule has 0 bridgehead atoms. The average Bonchev–Trinajstić information content (AvgIpc) is 3.51. The van der Waals surface area contributed by atoms with E-state index in [0.29, 0.717) is 43.2 Å². The van der Waals surface area contributed by atoms with Gasteiger partial charge in [0.2, 0.25) is 0 Å². The van der Waals surface area contributed by atoms with Gasteiger partial charge in [0.1, 0.15) is 5.75 Å². The molecule has 10 heteroatoms. The number of aromatic amines is 1.